The number of carbonyl (C=O) groups excluding carboxylic acids is 2. The van der Waals surface area contributed by atoms with Crippen LogP contribution in [0.15, 0.2) is 36.4 Å². The van der Waals surface area contributed by atoms with Crippen molar-refractivity contribution in [3.05, 3.63) is 59.7 Å². The first-order valence-electron chi connectivity index (χ1n) is 7.89. The number of rotatable bonds is 6. The Kier molecular flexibility index (Phi) is 6.51. The molecule has 2 amide bonds. The number of hydrogen-bond acceptors (Lipinski definition) is 3. The van der Waals surface area contributed by atoms with Gasteiger partial charge in [-0.25, -0.2) is 17.6 Å². The summed E-state index contributed by atoms with van der Waals surface area (Å²) in [4.78, 5) is 25.5. The second-order valence-corrected chi connectivity index (χ2v) is 5.86. The molecule has 2 aromatic rings. The lowest BCUT2D eigenvalue weighted by Crippen LogP contribution is -2.43. The molecule has 0 bridgehead atoms. The normalized spacial score (nSPS) is 12.0. The number of amides is 2. The van der Waals surface area contributed by atoms with E-state index in [1.54, 1.807) is 0 Å². The van der Waals surface area contributed by atoms with Gasteiger partial charge in [0.1, 0.15) is 5.82 Å². The molecule has 0 spiro atoms. The van der Waals surface area contributed by atoms with Gasteiger partial charge in [-0.2, -0.15) is 0 Å². The minimum atomic E-state index is -1.69. The summed E-state index contributed by atoms with van der Waals surface area (Å²) in [6.45, 7) is 1.27. The van der Waals surface area contributed by atoms with Crippen molar-refractivity contribution in [2.75, 3.05) is 24.2 Å². The average molecular weight is 383 g/mol. The summed E-state index contributed by atoms with van der Waals surface area (Å²) in [5, 5.41) is 4.69. The van der Waals surface area contributed by atoms with Gasteiger partial charge in [0, 0.05) is 5.69 Å². The zero-order valence-electron chi connectivity index (χ0n) is 14.5. The molecule has 2 rings (SSSR count). The molecular weight excluding hydrogens is 366 g/mol. The van der Waals surface area contributed by atoms with Crippen LogP contribution in [0.2, 0.25) is 0 Å². The van der Waals surface area contributed by atoms with Crippen LogP contribution in [0, 0.1) is 23.3 Å². The molecule has 0 saturated carbocycles. The van der Waals surface area contributed by atoms with Crippen molar-refractivity contribution in [2.24, 2.45) is 0 Å². The third kappa shape index (κ3) is 5.27. The van der Waals surface area contributed by atoms with E-state index in [-0.39, 0.29) is 6.54 Å². The van der Waals surface area contributed by atoms with Gasteiger partial charge < -0.3 is 10.6 Å². The fourth-order valence-corrected chi connectivity index (χ4v) is 2.16. The molecule has 2 aromatic carbocycles. The highest BCUT2D eigenvalue weighted by molar-refractivity contribution is 5.96. The Morgan fingerprint density at radius 2 is 1.59 bits per heavy atom. The van der Waals surface area contributed by atoms with E-state index in [0.29, 0.717) is 11.8 Å². The van der Waals surface area contributed by atoms with Crippen molar-refractivity contribution in [3.63, 3.8) is 0 Å². The largest absolute Gasteiger partial charge is 0.325 e. The summed E-state index contributed by atoms with van der Waals surface area (Å²) < 4.78 is 52.6. The molecule has 0 saturated heterocycles. The number of anilines is 2. The summed E-state index contributed by atoms with van der Waals surface area (Å²) in [5.74, 6) is -6.17. The minimum absolute atomic E-state index is 0.188. The molecule has 2 N–H and O–H groups in total. The minimum Gasteiger partial charge on any atom is -0.325 e. The molecule has 0 aromatic heterocycles. The second-order valence-electron chi connectivity index (χ2n) is 5.86. The fourth-order valence-electron chi connectivity index (χ4n) is 2.16. The molecular formula is C18H17F4N3O2. The molecule has 0 aliphatic rings. The molecule has 0 radical (unpaired) electrons. The lowest BCUT2D eigenvalue weighted by molar-refractivity contribution is -0.122. The summed E-state index contributed by atoms with van der Waals surface area (Å²) in [6, 6.07) is 5.86. The number of benzene rings is 2. The van der Waals surface area contributed by atoms with E-state index in [9.17, 15) is 27.2 Å². The van der Waals surface area contributed by atoms with Crippen molar-refractivity contribution in [1.29, 1.82) is 0 Å². The lowest BCUT2D eigenvalue weighted by atomic mass is 10.2. The Labute approximate surface area is 153 Å². The van der Waals surface area contributed by atoms with Crippen molar-refractivity contribution >= 4 is 23.2 Å². The predicted octanol–water partition coefficient (Wildman–Crippen LogP) is 3.14. The van der Waals surface area contributed by atoms with E-state index in [1.807, 2.05) is 0 Å². The van der Waals surface area contributed by atoms with E-state index in [2.05, 4.69) is 10.6 Å². The van der Waals surface area contributed by atoms with Crippen LogP contribution in [0.5, 0.6) is 0 Å². The molecule has 0 heterocycles. The maximum atomic E-state index is 13.6. The number of carbonyl (C=O) groups is 2. The highest BCUT2D eigenvalue weighted by Crippen LogP contribution is 2.20. The smallest absolute Gasteiger partial charge is 0.241 e. The van der Waals surface area contributed by atoms with Crippen molar-refractivity contribution in [1.82, 2.24) is 4.90 Å². The van der Waals surface area contributed by atoms with Gasteiger partial charge in [0.25, 0.3) is 0 Å². The van der Waals surface area contributed by atoms with Gasteiger partial charge in [-0.05, 0) is 50.4 Å². The van der Waals surface area contributed by atoms with E-state index < -0.39 is 46.8 Å². The van der Waals surface area contributed by atoms with Crippen molar-refractivity contribution in [3.8, 4) is 0 Å². The van der Waals surface area contributed by atoms with Crippen LogP contribution in [0.4, 0.5) is 28.9 Å². The zero-order valence-corrected chi connectivity index (χ0v) is 14.5. The maximum absolute atomic E-state index is 13.6. The standard InChI is InChI=1S/C18H17F4N3O2/c1-10(18(27)24-14-8-7-13(20)16(21)17(14)22)25(2)9-15(26)23-12-5-3-11(19)4-6-12/h3-8,10H,9H2,1-2H3,(H,23,26)(H,24,27)/t10-/m0/s1. The van der Waals surface area contributed by atoms with E-state index in [1.165, 1.54) is 43.1 Å². The molecule has 0 aliphatic carbocycles. The predicted molar refractivity (Wildman–Crippen MR) is 92.1 cm³/mol. The molecule has 27 heavy (non-hydrogen) atoms. The quantitative estimate of drug-likeness (QED) is 0.595. The first-order chi connectivity index (χ1) is 12.7. The summed E-state index contributed by atoms with van der Waals surface area (Å²) in [6.07, 6.45) is 0. The molecule has 0 aliphatic heterocycles. The molecule has 0 fully saturated rings. The van der Waals surface area contributed by atoms with Crippen molar-refractivity contribution < 1.29 is 27.2 Å². The lowest BCUT2D eigenvalue weighted by Gasteiger charge is -2.23. The van der Waals surface area contributed by atoms with Gasteiger partial charge >= 0.3 is 0 Å². The van der Waals surface area contributed by atoms with Crippen LogP contribution < -0.4 is 10.6 Å². The Morgan fingerprint density at radius 3 is 2.22 bits per heavy atom. The van der Waals surface area contributed by atoms with Gasteiger partial charge in [-0.3, -0.25) is 14.5 Å². The summed E-state index contributed by atoms with van der Waals surface area (Å²) >= 11 is 0. The van der Waals surface area contributed by atoms with Gasteiger partial charge in [0.05, 0.1) is 18.3 Å². The van der Waals surface area contributed by atoms with E-state index >= 15 is 0 Å². The van der Waals surface area contributed by atoms with Crippen LogP contribution in [0.25, 0.3) is 0 Å². The monoisotopic (exact) mass is 383 g/mol. The zero-order chi connectivity index (χ0) is 20.1. The van der Waals surface area contributed by atoms with E-state index in [4.69, 9.17) is 0 Å². The van der Waals surface area contributed by atoms with Gasteiger partial charge in [-0.1, -0.05) is 0 Å². The topological polar surface area (TPSA) is 61.4 Å². The Bertz CT molecular complexity index is 843. The van der Waals surface area contributed by atoms with Crippen LogP contribution in [-0.4, -0.2) is 36.3 Å². The Balaban J connectivity index is 1.94. The highest BCUT2D eigenvalue weighted by atomic mass is 19.2. The van der Waals surface area contributed by atoms with Crippen molar-refractivity contribution in [2.45, 2.75) is 13.0 Å². The second kappa shape index (κ2) is 8.63. The number of hydrogen-bond donors (Lipinski definition) is 2. The third-order valence-electron chi connectivity index (χ3n) is 3.85. The molecule has 1 atom stereocenters. The van der Waals surface area contributed by atoms with Crippen LogP contribution >= 0.6 is 0 Å². The number of likely N-dealkylation sites (N-methyl/N-ethyl adjacent to an activating group) is 1. The Morgan fingerprint density at radius 1 is 0.963 bits per heavy atom. The SMILES string of the molecule is C[C@@H](C(=O)Nc1ccc(F)c(F)c1F)N(C)CC(=O)Nc1ccc(F)cc1. The molecule has 0 unspecified atom stereocenters. The maximum Gasteiger partial charge on any atom is 0.241 e. The number of nitrogens with one attached hydrogen (secondary N) is 2. The number of halogens is 4. The van der Waals surface area contributed by atoms with Gasteiger partial charge in [0.2, 0.25) is 11.8 Å². The summed E-state index contributed by atoms with van der Waals surface area (Å²) in [5.41, 5.74) is -0.120. The third-order valence-corrected chi connectivity index (χ3v) is 3.85. The Hall–Kier alpha value is -2.94. The highest BCUT2D eigenvalue weighted by Gasteiger charge is 2.22. The van der Waals surface area contributed by atoms with Crippen LogP contribution in [0.3, 0.4) is 0 Å². The van der Waals surface area contributed by atoms with Gasteiger partial charge in [0.15, 0.2) is 17.5 Å². The number of nitrogens with zero attached hydrogens (tertiary/aromatic N) is 1. The van der Waals surface area contributed by atoms with Gasteiger partial charge in [-0.15, -0.1) is 0 Å². The molecule has 5 nitrogen and oxygen atoms in total. The van der Waals surface area contributed by atoms with Crippen LogP contribution in [0.1, 0.15) is 6.92 Å². The molecule has 144 valence electrons. The first kappa shape index (κ1) is 20.4. The molecule has 9 heteroatoms. The fraction of sp³-hybridized carbons (Fsp3) is 0.222. The summed E-state index contributed by atoms with van der Waals surface area (Å²) in [7, 11) is 1.48. The average Bonchev–Trinajstić information content (AvgIpc) is 2.63. The van der Waals surface area contributed by atoms with E-state index in [0.717, 1.165) is 6.07 Å². The van der Waals surface area contributed by atoms with Crippen LogP contribution in [-0.2, 0) is 9.59 Å². The first-order valence-corrected chi connectivity index (χ1v) is 7.89.